The Hall–Kier alpha value is -2.31. The maximum atomic E-state index is 11.6. The number of carbonyl (C=O) groups excluding carboxylic acids is 1. The number of amides is 1. The zero-order valence-corrected chi connectivity index (χ0v) is 11.7. The summed E-state index contributed by atoms with van der Waals surface area (Å²) in [7, 11) is 1.42. The van der Waals surface area contributed by atoms with E-state index in [0.29, 0.717) is 5.75 Å². The Balaban J connectivity index is 2.73. The van der Waals surface area contributed by atoms with Crippen molar-refractivity contribution in [2.75, 3.05) is 13.7 Å². The molecule has 1 aromatic carbocycles. The first-order valence-electron chi connectivity index (χ1n) is 6.22. The fourth-order valence-corrected chi connectivity index (χ4v) is 1.45. The molecule has 0 saturated heterocycles. The maximum Gasteiger partial charge on any atom is 0.273 e. The van der Waals surface area contributed by atoms with Crippen LogP contribution in [0.2, 0.25) is 0 Å². The van der Waals surface area contributed by atoms with Gasteiger partial charge in [-0.25, -0.2) is 0 Å². The van der Waals surface area contributed by atoms with Crippen molar-refractivity contribution in [1.29, 1.82) is 0 Å². The second-order valence-corrected chi connectivity index (χ2v) is 4.26. The summed E-state index contributed by atoms with van der Waals surface area (Å²) in [6.07, 6.45) is 0.811. The lowest BCUT2D eigenvalue weighted by atomic mass is 10.2. The van der Waals surface area contributed by atoms with Crippen molar-refractivity contribution in [3.05, 3.63) is 28.3 Å². The minimum absolute atomic E-state index is 0.0538. The summed E-state index contributed by atoms with van der Waals surface area (Å²) in [5.41, 5.74) is -0.122. The quantitative estimate of drug-likeness (QED) is 0.609. The van der Waals surface area contributed by atoms with Gasteiger partial charge in [-0.2, -0.15) is 0 Å². The Kier molecular flexibility index (Phi) is 5.76. The lowest BCUT2D eigenvalue weighted by Gasteiger charge is -2.13. The average molecular weight is 282 g/mol. The van der Waals surface area contributed by atoms with Crippen LogP contribution in [0.3, 0.4) is 0 Å². The van der Waals surface area contributed by atoms with Crippen LogP contribution < -0.4 is 14.8 Å². The smallest absolute Gasteiger partial charge is 0.273 e. The standard InChI is InChI=1S/C13H18N2O5/c1-4-9(2)14-13(16)8-20-12-7-10(15(17)18)5-6-11(12)19-3/h5-7,9H,4,8H2,1-3H3,(H,14,16). The van der Waals surface area contributed by atoms with Gasteiger partial charge >= 0.3 is 0 Å². The topological polar surface area (TPSA) is 90.7 Å². The van der Waals surface area contributed by atoms with Crippen LogP contribution in [0, 0.1) is 10.1 Å². The SMILES string of the molecule is CCC(C)NC(=O)COc1cc([N+](=O)[O-])ccc1OC. The number of non-ortho nitro benzene ring substituents is 1. The van der Waals surface area contributed by atoms with Crippen molar-refractivity contribution in [3.63, 3.8) is 0 Å². The number of rotatable bonds is 7. The first-order chi connectivity index (χ1) is 9.47. The van der Waals surface area contributed by atoms with Gasteiger partial charge in [0.15, 0.2) is 18.1 Å². The van der Waals surface area contributed by atoms with E-state index in [1.807, 2.05) is 13.8 Å². The molecule has 0 aliphatic carbocycles. The monoisotopic (exact) mass is 282 g/mol. The van der Waals surface area contributed by atoms with E-state index in [1.165, 1.54) is 25.3 Å². The lowest BCUT2D eigenvalue weighted by molar-refractivity contribution is -0.385. The number of nitro benzene ring substituents is 1. The first kappa shape index (κ1) is 15.7. The van der Waals surface area contributed by atoms with Crippen molar-refractivity contribution >= 4 is 11.6 Å². The highest BCUT2D eigenvalue weighted by Gasteiger charge is 2.14. The zero-order chi connectivity index (χ0) is 15.1. The third-order valence-corrected chi connectivity index (χ3v) is 2.74. The molecule has 1 unspecified atom stereocenters. The summed E-state index contributed by atoms with van der Waals surface area (Å²) in [6.45, 7) is 3.61. The molecule has 0 spiro atoms. The Labute approximate surface area is 117 Å². The Morgan fingerprint density at radius 2 is 2.15 bits per heavy atom. The van der Waals surface area contributed by atoms with Gasteiger partial charge in [0.2, 0.25) is 0 Å². The van der Waals surface area contributed by atoms with E-state index in [2.05, 4.69) is 5.32 Å². The van der Waals surface area contributed by atoms with Gasteiger partial charge in [-0.15, -0.1) is 0 Å². The summed E-state index contributed by atoms with van der Waals surface area (Å²) in [6, 6.07) is 4.03. The molecule has 0 aromatic heterocycles. The van der Waals surface area contributed by atoms with Crippen LogP contribution in [0.15, 0.2) is 18.2 Å². The second-order valence-electron chi connectivity index (χ2n) is 4.26. The van der Waals surface area contributed by atoms with Crippen LogP contribution >= 0.6 is 0 Å². The van der Waals surface area contributed by atoms with Crippen LogP contribution in [0.25, 0.3) is 0 Å². The van der Waals surface area contributed by atoms with E-state index in [9.17, 15) is 14.9 Å². The molecule has 0 fully saturated rings. The molecule has 1 N–H and O–H groups in total. The number of hydrogen-bond donors (Lipinski definition) is 1. The molecule has 0 radical (unpaired) electrons. The molecule has 0 aliphatic rings. The van der Waals surface area contributed by atoms with Crippen LogP contribution in [0.4, 0.5) is 5.69 Å². The maximum absolute atomic E-state index is 11.6. The highest BCUT2D eigenvalue weighted by atomic mass is 16.6. The molecule has 1 aromatic rings. The van der Waals surface area contributed by atoms with Gasteiger partial charge in [-0.05, 0) is 19.4 Å². The van der Waals surface area contributed by atoms with Crippen molar-refractivity contribution in [3.8, 4) is 11.5 Å². The molecule has 7 nitrogen and oxygen atoms in total. The molecule has 20 heavy (non-hydrogen) atoms. The number of carbonyl (C=O) groups is 1. The van der Waals surface area contributed by atoms with Gasteiger partial charge in [0.1, 0.15) is 0 Å². The van der Waals surface area contributed by atoms with E-state index in [-0.39, 0.29) is 30.0 Å². The molecule has 1 rings (SSSR count). The molecule has 1 amide bonds. The summed E-state index contributed by atoms with van der Waals surface area (Å²) >= 11 is 0. The molecule has 1 atom stereocenters. The predicted molar refractivity (Wildman–Crippen MR) is 73.0 cm³/mol. The third kappa shape index (κ3) is 4.42. The van der Waals surface area contributed by atoms with Crippen LogP contribution in [0.1, 0.15) is 20.3 Å². The van der Waals surface area contributed by atoms with Crippen LogP contribution in [-0.2, 0) is 4.79 Å². The zero-order valence-electron chi connectivity index (χ0n) is 11.7. The van der Waals surface area contributed by atoms with Gasteiger partial charge in [0.05, 0.1) is 18.1 Å². The molecule has 0 bridgehead atoms. The summed E-state index contributed by atoms with van der Waals surface area (Å²) in [5, 5.41) is 13.4. The molecule has 110 valence electrons. The largest absolute Gasteiger partial charge is 0.493 e. The van der Waals surface area contributed by atoms with Gasteiger partial charge in [-0.3, -0.25) is 14.9 Å². The van der Waals surface area contributed by atoms with Gasteiger partial charge in [0.25, 0.3) is 11.6 Å². The van der Waals surface area contributed by atoms with Gasteiger partial charge < -0.3 is 14.8 Å². The van der Waals surface area contributed by atoms with Crippen LogP contribution in [-0.4, -0.2) is 30.6 Å². The molecular weight excluding hydrogens is 264 g/mol. The minimum Gasteiger partial charge on any atom is -0.493 e. The van der Waals surface area contributed by atoms with Crippen molar-refractivity contribution in [2.24, 2.45) is 0 Å². The van der Waals surface area contributed by atoms with Crippen molar-refractivity contribution in [2.45, 2.75) is 26.3 Å². The van der Waals surface area contributed by atoms with E-state index in [1.54, 1.807) is 0 Å². The highest BCUT2D eigenvalue weighted by Crippen LogP contribution is 2.30. The van der Waals surface area contributed by atoms with E-state index in [4.69, 9.17) is 9.47 Å². The van der Waals surface area contributed by atoms with Gasteiger partial charge in [-0.1, -0.05) is 6.92 Å². The Morgan fingerprint density at radius 1 is 1.45 bits per heavy atom. The fourth-order valence-electron chi connectivity index (χ4n) is 1.45. The normalized spacial score (nSPS) is 11.6. The minimum atomic E-state index is -0.536. The second kappa shape index (κ2) is 7.32. The number of ether oxygens (including phenoxy) is 2. The fraction of sp³-hybridized carbons (Fsp3) is 0.462. The van der Waals surface area contributed by atoms with E-state index >= 15 is 0 Å². The summed E-state index contributed by atoms with van der Waals surface area (Å²) in [4.78, 5) is 21.8. The molecular formula is C13H18N2O5. The number of nitro groups is 1. The lowest BCUT2D eigenvalue weighted by Crippen LogP contribution is -2.35. The van der Waals surface area contributed by atoms with E-state index in [0.717, 1.165) is 6.42 Å². The number of methoxy groups -OCH3 is 1. The summed E-state index contributed by atoms with van der Waals surface area (Å²) < 4.78 is 10.3. The molecule has 0 saturated carbocycles. The predicted octanol–water partition coefficient (Wildman–Crippen LogP) is 1.90. The Bertz CT molecular complexity index is 490. The van der Waals surface area contributed by atoms with Gasteiger partial charge in [0, 0.05) is 12.1 Å². The molecule has 0 heterocycles. The number of nitrogens with zero attached hydrogens (tertiary/aromatic N) is 1. The number of hydrogen-bond acceptors (Lipinski definition) is 5. The average Bonchev–Trinajstić information content (AvgIpc) is 2.44. The van der Waals surface area contributed by atoms with Crippen molar-refractivity contribution < 1.29 is 19.2 Å². The number of nitrogens with one attached hydrogen (secondary N) is 1. The van der Waals surface area contributed by atoms with E-state index < -0.39 is 4.92 Å². The first-order valence-corrected chi connectivity index (χ1v) is 6.22. The highest BCUT2D eigenvalue weighted by molar-refractivity contribution is 5.77. The summed E-state index contributed by atoms with van der Waals surface area (Å²) in [5.74, 6) is 0.223. The molecule has 7 heteroatoms. The molecule has 0 aliphatic heterocycles. The van der Waals surface area contributed by atoms with Crippen molar-refractivity contribution in [1.82, 2.24) is 5.32 Å². The van der Waals surface area contributed by atoms with Crippen LogP contribution in [0.5, 0.6) is 11.5 Å². The number of benzene rings is 1. The third-order valence-electron chi connectivity index (χ3n) is 2.74. The Morgan fingerprint density at radius 3 is 2.70 bits per heavy atom.